The molecule has 4 N–H and O–H groups in total. The van der Waals surface area contributed by atoms with Crippen LogP contribution in [0.2, 0.25) is 0 Å². The van der Waals surface area contributed by atoms with E-state index in [-0.39, 0.29) is 23.1 Å². The molecule has 0 fully saturated rings. The highest BCUT2D eigenvalue weighted by atomic mass is 16.2. The summed E-state index contributed by atoms with van der Waals surface area (Å²) in [5.74, 6) is 6.62. The van der Waals surface area contributed by atoms with E-state index >= 15 is 0 Å². The number of urea groups is 1. The molecule has 43 heavy (non-hydrogen) atoms. The molecule has 2 aromatic heterocycles. The van der Waals surface area contributed by atoms with Crippen LogP contribution in [0.5, 0.6) is 0 Å². The predicted octanol–water partition coefficient (Wildman–Crippen LogP) is 7.84. The largest absolute Gasteiger partial charge is 0.323 e. The maximum absolute atomic E-state index is 14.2. The first-order chi connectivity index (χ1) is 20.4. The zero-order valence-electron chi connectivity index (χ0n) is 26.3. The molecule has 4 rings (SSSR count). The third kappa shape index (κ3) is 7.33. The van der Waals surface area contributed by atoms with Crippen molar-refractivity contribution in [2.75, 3.05) is 10.6 Å². The van der Waals surface area contributed by atoms with Crippen molar-refractivity contribution in [3.8, 4) is 23.0 Å². The maximum Gasteiger partial charge on any atom is 0.323 e. The lowest BCUT2D eigenvalue weighted by atomic mass is 9.93. The number of benzene rings is 2. The van der Waals surface area contributed by atoms with Gasteiger partial charge in [0, 0.05) is 34.9 Å². The first-order valence-electron chi connectivity index (χ1n) is 15.1. The van der Waals surface area contributed by atoms with Crippen LogP contribution in [0.15, 0.2) is 65.6 Å². The van der Waals surface area contributed by atoms with Crippen LogP contribution in [0, 0.1) is 11.8 Å². The second-order valence-electron chi connectivity index (χ2n) is 12.2. The molecule has 0 bridgehead atoms. The number of anilines is 2. The molecule has 2 heterocycles. The van der Waals surface area contributed by atoms with Crippen molar-refractivity contribution in [2.45, 2.75) is 85.2 Å². The Labute approximate surface area is 254 Å². The summed E-state index contributed by atoms with van der Waals surface area (Å²) < 4.78 is 1.67. The number of nitrogens with zero attached hydrogens (tertiary/aromatic N) is 2. The highest BCUT2D eigenvalue weighted by Crippen LogP contribution is 2.35. The van der Waals surface area contributed by atoms with Gasteiger partial charge < -0.3 is 16.4 Å². The average molecular weight is 578 g/mol. The van der Waals surface area contributed by atoms with Gasteiger partial charge in [0.05, 0.1) is 5.54 Å². The molecule has 0 aliphatic carbocycles. The number of pyridine rings is 2. The Balaban J connectivity index is 1.91. The fraction of sp³-hybridized carbons (Fsp3) is 0.361. The Kier molecular flexibility index (Phi) is 9.73. The number of aromatic nitrogens is 2. The topological polar surface area (TPSA) is 102 Å². The summed E-state index contributed by atoms with van der Waals surface area (Å²) in [4.78, 5) is 32.6. The van der Waals surface area contributed by atoms with Crippen molar-refractivity contribution < 1.29 is 4.79 Å². The zero-order valence-corrected chi connectivity index (χ0v) is 26.3. The van der Waals surface area contributed by atoms with Crippen LogP contribution >= 0.6 is 0 Å². The number of rotatable bonds is 8. The molecular formula is C36H43N5O2. The Morgan fingerprint density at radius 2 is 1.63 bits per heavy atom. The molecule has 7 heteroatoms. The minimum absolute atomic E-state index is 0.199. The fourth-order valence-corrected chi connectivity index (χ4v) is 5.16. The van der Waals surface area contributed by atoms with Crippen molar-refractivity contribution in [2.24, 2.45) is 5.73 Å². The minimum atomic E-state index is -0.654. The standard InChI is InChI=1S/C36H43N5O2/c1-8-9-21-41-33-29(17-12-20-38-33)30(26-14-10-13-25(22-26)18-19-36(6,7)37)32(34(41)42)40-35(43)39-31-27(23(2)3)15-11-16-28(31)24(4)5/h10-17,20,22-24H,8-9,21,37H2,1-7H3,(H2,39,40,43). The summed E-state index contributed by atoms with van der Waals surface area (Å²) in [6, 6.07) is 17.0. The van der Waals surface area contributed by atoms with Gasteiger partial charge in [-0.3, -0.25) is 9.36 Å². The molecule has 4 aromatic rings. The second-order valence-corrected chi connectivity index (χ2v) is 12.2. The normalized spacial score (nSPS) is 11.5. The summed E-state index contributed by atoms with van der Waals surface area (Å²) in [5.41, 5.74) is 10.9. The van der Waals surface area contributed by atoms with E-state index < -0.39 is 11.6 Å². The Morgan fingerprint density at radius 1 is 0.977 bits per heavy atom. The maximum atomic E-state index is 14.2. The molecule has 0 spiro atoms. The third-order valence-corrected chi connectivity index (χ3v) is 7.29. The molecule has 0 unspecified atom stereocenters. The number of aryl methyl sites for hydroxylation is 1. The Bertz CT molecular complexity index is 1720. The number of carbonyl (C=O) groups excluding carboxylic acids is 1. The molecule has 2 amide bonds. The molecule has 224 valence electrons. The fourth-order valence-electron chi connectivity index (χ4n) is 5.16. The van der Waals surface area contributed by atoms with E-state index in [1.54, 1.807) is 10.8 Å². The highest BCUT2D eigenvalue weighted by molar-refractivity contribution is 6.07. The van der Waals surface area contributed by atoms with E-state index in [0.29, 0.717) is 17.8 Å². The Morgan fingerprint density at radius 3 is 2.26 bits per heavy atom. The van der Waals surface area contributed by atoms with Crippen molar-refractivity contribution in [3.63, 3.8) is 0 Å². The number of carbonyl (C=O) groups is 1. The molecule has 0 aliphatic rings. The van der Waals surface area contributed by atoms with Gasteiger partial charge >= 0.3 is 6.03 Å². The number of hydrogen-bond acceptors (Lipinski definition) is 4. The number of unbranched alkanes of at least 4 members (excludes halogenated alkanes) is 1. The number of hydrogen-bond donors (Lipinski definition) is 3. The molecular weight excluding hydrogens is 534 g/mol. The Hall–Kier alpha value is -4.41. The van der Waals surface area contributed by atoms with Gasteiger partial charge in [0.2, 0.25) is 0 Å². The van der Waals surface area contributed by atoms with E-state index in [2.05, 4.69) is 62.1 Å². The second kappa shape index (κ2) is 13.3. The average Bonchev–Trinajstić information content (AvgIpc) is 2.96. The number of nitrogens with one attached hydrogen (secondary N) is 2. The number of nitrogens with two attached hydrogens (primary N) is 1. The highest BCUT2D eigenvalue weighted by Gasteiger charge is 2.22. The summed E-state index contributed by atoms with van der Waals surface area (Å²) in [7, 11) is 0. The van der Waals surface area contributed by atoms with Gasteiger partial charge in [0.1, 0.15) is 11.3 Å². The van der Waals surface area contributed by atoms with Crippen LogP contribution in [-0.2, 0) is 6.54 Å². The van der Waals surface area contributed by atoms with Crippen LogP contribution in [0.1, 0.15) is 89.8 Å². The summed E-state index contributed by atoms with van der Waals surface area (Å²) in [6.07, 6.45) is 3.40. The monoisotopic (exact) mass is 577 g/mol. The molecule has 0 saturated carbocycles. The molecule has 2 aromatic carbocycles. The van der Waals surface area contributed by atoms with Crippen molar-refractivity contribution >= 4 is 28.4 Å². The first-order valence-corrected chi connectivity index (χ1v) is 15.1. The van der Waals surface area contributed by atoms with Crippen LogP contribution < -0.4 is 21.9 Å². The molecule has 0 radical (unpaired) electrons. The van der Waals surface area contributed by atoms with E-state index in [0.717, 1.165) is 46.2 Å². The van der Waals surface area contributed by atoms with Crippen LogP contribution in [0.25, 0.3) is 22.2 Å². The van der Waals surface area contributed by atoms with Crippen molar-refractivity contribution in [1.29, 1.82) is 0 Å². The van der Waals surface area contributed by atoms with Gasteiger partial charge in [0.25, 0.3) is 5.56 Å². The van der Waals surface area contributed by atoms with Gasteiger partial charge in [-0.25, -0.2) is 9.78 Å². The van der Waals surface area contributed by atoms with Crippen molar-refractivity contribution in [3.05, 3.63) is 87.8 Å². The first kappa shape index (κ1) is 31.5. The van der Waals surface area contributed by atoms with Gasteiger partial charge in [-0.1, -0.05) is 83.2 Å². The van der Waals surface area contributed by atoms with Crippen LogP contribution in [0.3, 0.4) is 0 Å². The molecule has 0 atom stereocenters. The number of para-hydroxylation sites is 1. The van der Waals surface area contributed by atoms with Gasteiger partial charge in [-0.2, -0.15) is 0 Å². The predicted molar refractivity (Wildman–Crippen MR) is 179 cm³/mol. The molecule has 0 saturated heterocycles. The lowest BCUT2D eigenvalue weighted by molar-refractivity contribution is 0.262. The van der Waals surface area contributed by atoms with Crippen LogP contribution in [-0.4, -0.2) is 21.1 Å². The van der Waals surface area contributed by atoms with Gasteiger partial charge in [0.15, 0.2) is 0 Å². The number of fused-ring (bicyclic) bond motifs is 1. The lowest BCUT2D eigenvalue weighted by Gasteiger charge is -2.22. The quantitative estimate of drug-likeness (QED) is 0.186. The van der Waals surface area contributed by atoms with E-state index in [9.17, 15) is 9.59 Å². The third-order valence-electron chi connectivity index (χ3n) is 7.29. The summed E-state index contributed by atoms with van der Waals surface area (Å²) in [5, 5.41) is 6.85. The van der Waals surface area contributed by atoms with E-state index in [1.165, 1.54) is 0 Å². The molecule has 0 aliphatic heterocycles. The SMILES string of the molecule is CCCCn1c(=O)c(NC(=O)Nc2c(C(C)C)cccc2C(C)C)c(-c2cccc(C#CC(C)(C)N)c2)c2cccnc21. The lowest BCUT2D eigenvalue weighted by Crippen LogP contribution is -2.30. The molecule has 7 nitrogen and oxygen atoms in total. The minimum Gasteiger partial charge on any atom is -0.316 e. The summed E-state index contributed by atoms with van der Waals surface area (Å²) >= 11 is 0. The van der Waals surface area contributed by atoms with Gasteiger partial charge in [-0.15, -0.1) is 0 Å². The van der Waals surface area contributed by atoms with Crippen LogP contribution in [0.4, 0.5) is 16.2 Å². The summed E-state index contributed by atoms with van der Waals surface area (Å²) in [6.45, 7) is 14.7. The van der Waals surface area contributed by atoms with Gasteiger partial charge in [-0.05, 0) is 73.1 Å². The van der Waals surface area contributed by atoms with E-state index in [1.807, 2.05) is 68.4 Å². The zero-order chi connectivity index (χ0) is 31.3. The van der Waals surface area contributed by atoms with E-state index in [4.69, 9.17) is 5.73 Å². The van der Waals surface area contributed by atoms with Crippen molar-refractivity contribution in [1.82, 2.24) is 9.55 Å². The smallest absolute Gasteiger partial charge is 0.316 e. The number of amides is 2.